The molecule has 1 atom stereocenters. The number of methoxy groups -OCH3 is 1. The Morgan fingerprint density at radius 1 is 1.08 bits per heavy atom. The van der Waals surface area contributed by atoms with Gasteiger partial charge >= 0.3 is 0 Å². The van der Waals surface area contributed by atoms with Crippen LogP contribution in [0.25, 0.3) is 0 Å². The van der Waals surface area contributed by atoms with E-state index in [0.717, 1.165) is 16.9 Å². The fourth-order valence-electron chi connectivity index (χ4n) is 4.03. The number of hydrogen-bond acceptors (Lipinski definition) is 6. The lowest BCUT2D eigenvalue weighted by atomic mass is 10.0. The number of sulfonamides is 1. The third-order valence-electron chi connectivity index (χ3n) is 5.78. The molecule has 1 unspecified atom stereocenters. The summed E-state index contributed by atoms with van der Waals surface area (Å²) in [6.07, 6.45) is 0.500. The molecular weight excluding hydrogens is 521 g/mol. The van der Waals surface area contributed by atoms with E-state index in [9.17, 15) is 8.42 Å². The van der Waals surface area contributed by atoms with Crippen LogP contribution in [0.3, 0.4) is 0 Å². The molecule has 7 nitrogen and oxygen atoms in total. The Morgan fingerprint density at radius 3 is 2.50 bits per heavy atom. The van der Waals surface area contributed by atoms with E-state index >= 15 is 0 Å². The van der Waals surface area contributed by atoms with Crippen LogP contribution in [0.1, 0.15) is 30.5 Å². The molecule has 190 valence electrons. The van der Waals surface area contributed by atoms with Crippen molar-refractivity contribution in [3.05, 3.63) is 81.8 Å². The minimum Gasteiger partial charge on any atom is -0.495 e. The van der Waals surface area contributed by atoms with E-state index < -0.39 is 10.0 Å². The van der Waals surface area contributed by atoms with Gasteiger partial charge in [-0.3, -0.25) is 5.01 Å². The van der Waals surface area contributed by atoms with Crippen molar-refractivity contribution in [2.24, 2.45) is 5.10 Å². The molecule has 3 aromatic rings. The van der Waals surface area contributed by atoms with E-state index in [1.165, 1.54) is 7.11 Å². The molecule has 1 aliphatic rings. The summed E-state index contributed by atoms with van der Waals surface area (Å²) in [6, 6.07) is 17.8. The molecule has 3 aromatic carbocycles. The monoisotopic (exact) mass is 547 g/mol. The summed E-state index contributed by atoms with van der Waals surface area (Å²) in [5.41, 5.74) is 3.15. The Bertz CT molecular complexity index is 1380. The van der Waals surface area contributed by atoms with Crippen LogP contribution in [-0.2, 0) is 10.0 Å². The van der Waals surface area contributed by atoms with Crippen molar-refractivity contribution in [1.29, 1.82) is 0 Å². The lowest BCUT2D eigenvalue weighted by Gasteiger charge is -2.25. The van der Waals surface area contributed by atoms with Crippen molar-refractivity contribution in [2.45, 2.75) is 31.2 Å². The molecule has 1 heterocycles. The lowest BCUT2D eigenvalue weighted by Crippen LogP contribution is -2.29. The van der Waals surface area contributed by atoms with Gasteiger partial charge in [0.05, 0.1) is 42.7 Å². The number of ether oxygens (including phenoxy) is 2. The molecule has 1 aliphatic heterocycles. The Kier molecular flexibility index (Phi) is 8.10. The Balaban J connectivity index is 1.62. The highest BCUT2D eigenvalue weighted by atomic mass is 35.5. The molecule has 0 spiro atoms. The molecule has 0 amide bonds. The predicted octanol–water partition coefficient (Wildman–Crippen LogP) is 6.00. The van der Waals surface area contributed by atoms with E-state index in [4.69, 9.17) is 37.8 Å². The van der Waals surface area contributed by atoms with Gasteiger partial charge in [0.25, 0.3) is 0 Å². The van der Waals surface area contributed by atoms with Crippen LogP contribution in [0, 0.1) is 6.92 Å². The molecule has 0 saturated carbocycles. The maximum atomic E-state index is 13.1. The summed E-state index contributed by atoms with van der Waals surface area (Å²) < 4.78 is 39.7. The molecule has 0 radical (unpaired) electrons. The normalized spacial score (nSPS) is 15.6. The molecule has 0 saturated heterocycles. The SMILES string of the molecule is CCOc1ccc(C2CC(CNS(=O)(=O)c3cc(C)ccc3OC)=NN2c2ccc(Cl)cc2Cl)cc1. The second-order valence-electron chi connectivity index (χ2n) is 8.31. The fourth-order valence-corrected chi connectivity index (χ4v) is 5.80. The second-order valence-corrected chi connectivity index (χ2v) is 10.9. The summed E-state index contributed by atoms with van der Waals surface area (Å²) >= 11 is 12.6. The van der Waals surface area contributed by atoms with E-state index in [2.05, 4.69) is 4.72 Å². The van der Waals surface area contributed by atoms with Gasteiger partial charge in [0.15, 0.2) is 0 Å². The van der Waals surface area contributed by atoms with Gasteiger partial charge in [-0.2, -0.15) is 5.10 Å². The molecule has 0 aliphatic carbocycles. The molecule has 0 aromatic heterocycles. The number of hydrazone groups is 1. The third-order valence-corrected chi connectivity index (χ3v) is 7.74. The highest BCUT2D eigenvalue weighted by Crippen LogP contribution is 2.40. The average Bonchev–Trinajstić information content (AvgIpc) is 3.27. The minimum atomic E-state index is -3.84. The number of hydrogen-bond donors (Lipinski definition) is 1. The predicted molar refractivity (Wildman–Crippen MR) is 144 cm³/mol. The van der Waals surface area contributed by atoms with Crippen LogP contribution < -0.4 is 19.2 Å². The third kappa shape index (κ3) is 5.78. The molecule has 0 fully saturated rings. The van der Waals surface area contributed by atoms with Crippen LogP contribution in [0.4, 0.5) is 5.69 Å². The van der Waals surface area contributed by atoms with Gasteiger partial charge in [-0.25, -0.2) is 13.1 Å². The first-order chi connectivity index (χ1) is 17.2. The first kappa shape index (κ1) is 26.3. The maximum absolute atomic E-state index is 13.1. The van der Waals surface area contributed by atoms with Crippen LogP contribution in [0.15, 0.2) is 70.7 Å². The minimum absolute atomic E-state index is 0.0364. The maximum Gasteiger partial charge on any atom is 0.244 e. The van der Waals surface area contributed by atoms with Crippen LogP contribution in [0.5, 0.6) is 11.5 Å². The van der Waals surface area contributed by atoms with Gasteiger partial charge in [0.2, 0.25) is 10.0 Å². The lowest BCUT2D eigenvalue weighted by molar-refractivity contribution is 0.340. The first-order valence-corrected chi connectivity index (χ1v) is 13.6. The van der Waals surface area contributed by atoms with Gasteiger partial charge in [-0.15, -0.1) is 0 Å². The smallest absolute Gasteiger partial charge is 0.244 e. The number of benzene rings is 3. The Labute approximate surface area is 221 Å². The van der Waals surface area contributed by atoms with Crippen LogP contribution >= 0.6 is 23.2 Å². The highest BCUT2D eigenvalue weighted by molar-refractivity contribution is 7.89. The number of halogens is 2. The molecule has 4 rings (SSSR count). The molecule has 0 bridgehead atoms. The van der Waals surface area contributed by atoms with Gasteiger partial charge in [-0.1, -0.05) is 41.4 Å². The second kappa shape index (κ2) is 11.1. The summed E-state index contributed by atoms with van der Waals surface area (Å²) in [7, 11) is -2.39. The summed E-state index contributed by atoms with van der Waals surface area (Å²) in [5.74, 6) is 1.06. The van der Waals surface area contributed by atoms with Gasteiger partial charge < -0.3 is 9.47 Å². The fraction of sp³-hybridized carbons (Fsp3) is 0.269. The van der Waals surface area contributed by atoms with Gasteiger partial charge in [-0.05, 0) is 67.4 Å². The van der Waals surface area contributed by atoms with Crippen molar-refractivity contribution < 1.29 is 17.9 Å². The average molecular weight is 548 g/mol. The van der Waals surface area contributed by atoms with E-state index in [-0.39, 0.29) is 23.2 Å². The first-order valence-electron chi connectivity index (χ1n) is 11.4. The Morgan fingerprint density at radius 2 is 1.83 bits per heavy atom. The highest BCUT2D eigenvalue weighted by Gasteiger charge is 2.31. The molecule has 1 N–H and O–H groups in total. The number of anilines is 1. The number of rotatable bonds is 9. The zero-order chi connectivity index (χ0) is 25.9. The van der Waals surface area contributed by atoms with E-state index in [0.29, 0.717) is 34.5 Å². The number of nitrogens with one attached hydrogen (secondary N) is 1. The van der Waals surface area contributed by atoms with Gasteiger partial charge in [0, 0.05) is 11.4 Å². The topological polar surface area (TPSA) is 80.2 Å². The zero-order valence-electron chi connectivity index (χ0n) is 20.2. The summed E-state index contributed by atoms with van der Waals surface area (Å²) in [5, 5.41) is 7.54. The van der Waals surface area contributed by atoms with Crippen molar-refractivity contribution >= 4 is 44.6 Å². The molecule has 10 heteroatoms. The van der Waals surface area contributed by atoms with Crippen molar-refractivity contribution in [3.63, 3.8) is 0 Å². The van der Waals surface area contributed by atoms with E-state index in [1.54, 1.807) is 36.4 Å². The standard InChI is InChI=1S/C26H27Cl2N3O4S/c1-4-35-21-9-6-18(7-10-21)24-15-20(30-31(24)23-11-8-19(27)14-22(23)28)16-29-36(32,33)26-13-17(2)5-12-25(26)34-3/h5-14,24,29H,4,15-16H2,1-3H3. The van der Waals surface area contributed by atoms with Crippen molar-refractivity contribution in [2.75, 3.05) is 25.3 Å². The Hall–Kier alpha value is -2.78. The van der Waals surface area contributed by atoms with Crippen molar-refractivity contribution in [3.8, 4) is 11.5 Å². The summed E-state index contributed by atoms with van der Waals surface area (Å²) in [4.78, 5) is 0.0873. The van der Waals surface area contributed by atoms with Crippen molar-refractivity contribution in [1.82, 2.24) is 4.72 Å². The quantitative estimate of drug-likeness (QED) is 0.355. The molecule has 36 heavy (non-hydrogen) atoms. The largest absolute Gasteiger partial charge is 0.495 e. The van der Waals surface area contributed by atoms with Crippen LogP contribution in [0.2, 0.25) is 10.0 Å². The van der Waals surface area contributed by atoms with Crippen LogP contribution in [-0.4, -0.2) is 34.4 Å². The number of aryl methyl sites for hydroxylation is 1. The molecular formula is C26H27Cl2N3O4S. The van der Waals surface area contributed by atoms with E-state index in [1.807, 2.05) is 43.1 Å². The number of nitrogens with zero attached hydrogens (tertiary/aromatic N) is 2. The zero-order valence-corrected chi connectivity index (χ0v) is 22.5. The van der Waals surface area contributed by atoms with Gasteiger partial charge in [0.1, 0.15) is 16.4 Å². The summed E-state index contributed by atoms with van der Waals surface area (Å²) in [6.45, 7) is 4.38.